The maximum atomic E-state index is 12.7. The highest BCUT2D eigenvalue weighted by molar-refractivity contribution is 8.14. The van der Waals surface area contributed by atoms with Crippen molar-refractivity contribution in [1.82, 2.24) is 5.32 Å². The van der Waals surface area contributed by atoms with Crippen molar-refractivity contribution in [2.45, 2.75) is 19.9 Å². The number of thioether (sulfide) groups is 1. The predicted octanol–water partition coefficient (Wildman–Crippen LogP) is 3.62. The highest BCUT2D eigenvalue weighted by Crippen LogP contribution is 2.39. The summed E-state index contributed by atoms with van der Waals surface area (Å²) in [6.07, 6.45) is 0. The Balaban J connectivity index is 1.54. The lowest BCUT2D eigenvalue weighted by Gasteiger charge is -2.25. The van der Waals surface area contributed by atoms with Crippen LogP contribution in [0.25, 0.3) is 0 Å². The summed E-state index contributed by atoms with van der Waals surface area (Å²) in [5.41, 5.74) is 2.55. The van der Waals surface area contributed by atoms with E-state index in [2.05, 4.69) is 10.6 Å². The number of anilines is 1. The second-order valence-electron chi connectivity index (χ2n) is 7.04. The second-order valence-corrected chi connectivity index (χ2v) is 8.00. The summed E-state index contributed by atoms with van der Waals surface area (Å²) in [6, 6.07) is 14.1. The Morgan fingerprint density at radius 3 is 2.75 bits per heavy atom. The van der Waals surface area contributed by atoms with Crippen LogP contribution in [0.3, 0.4) is 0 Å². The number of benzene rings is 2. The van der Waals surface area contributed by atoms with Gasteiger partial charge in [-0.25, -0.2) is 9.79 Å². The van der Waals surface area contributed by atoms with Crippen molar-refractivity contribution < 1.29 is 23.8 Å². The first-order chi connectivity index (χ1) is 15.5. The lowest BCUT2D eigenvalue weighted by molar-refractivity contribution is -0.139. The summed E-state index contributed by atoms with van der Waals surface area (Å²) in [4.78, 5) is 29.8. The lowest BCUT2D eigenvalue weighted by atomic mass is 9.96. The first kappa shape index (κ1) is 21.8. The van der Waals surface area contributed by atoms with Crippen molar-refractivity contribution in [1.29, 1.82) is 0 Å². The molecule has 0 aromatic heterocycles. The fourth-order valence-electron chi connectivity index (χ4n) is 3.37. The van der Waals surface area contributed by atoms with Crippen LogP contribution >= 0.6 is 11.8 Å². The molecule has 9 heteroatoms. The van der Waals surface area contributed by atoms with Crippen LogP contribution in [0.15, 0.2) is 64.8 Å². The molecule has 0 saturated heterocycles. The number of carbonyl (C=O) groups is 2. The van der Waals surface area contributed by atoms with E-state index in [4.69, 9.17) is 19.2 Å². The van der Waals surface area contributed by atoms with Gasteiger partial charge < -0.3 is 24.8 Å². The van der Waals surface area contributed by atoms with E-state index < -0.39 is 12.0 Å². The molecule has 166 valence electrons. The van der Waals surface area contributed by atoms with Crippen LogP contribution in [0.5, 0.6) is 11.5 Å². The summed E-state index contributed by atoms with van der Waals surface area (Å²) in [5, 5.41) is 6.52. The zero-order chi connectivity index (χ0) is 22.5. The number of amides is 1. The van der Waals surface area contributed by atoms with Crippen LogP contribution < -0.4 is 20.1 Å². The second kappa shape index (κ2) is 9.78. The van der Waals surface area contributed by atoms with Gasteiger partial charge in [-0.15, -0.1) is 0 Å². The van der Waals surface area contributed by atoms with E-state index in [-0.39, 0.29) is 25.1 Å². The number of para-hydroxylation sites is 1. The normalized spacial score (nSPS) is 16.8. The summed E-state index contributed by atoms with van der Waals surface area (Å²) in [6.45, 7) is 3.97. The first-order valence-corrected chi connectivity index (χ1v) is 11.1. The minimum Gasteiger partial charge on any atom is -0.463 e. The summed E-state index contributed by atoms with van der Waals surface area (Å²) >= 11 is 1.26. The Morgan fingerprint density at radius 1 is 1.19 bits per heavy atom. The molecule has 2 aromatic carbocycles. The van der Waals surface area contributed by atoms with E-state index in [1.165, 1.54) is 11.8 Å². The third-order valence-corrected chi connectivity index (χ3v) is 5.71. The molecule has 2 aromatic rings. The van der Waals surface area contributed by atoms with Crippen LogP contribution in [0.4, 0.5) is 5.69 Å². The number of aliphatic imine (C=N–C) groups is 1. The van der Waals surface area contributed by atoms with Gasteiger partial charge in [0, 0.05) is 11.4 Å². The fraction of sp³-hybridized carbons (Fsp3) is 0.261. The molecule has 0 saturated carbocycles. The van der Waals surface area contributed by atoms with E-state index in [1.807, 2.05) is 42.5 Å². The minimum atomic E-state index is -0.593. The number of rotatable bonds is 6. The molecule has 0 bridgehead atoms. The van der Waals surface area contributed by atoms with Crippen LogP contribution in [0.1, 0.15) is 25.5 Å². The van der Waals surface area contributed by atoms with Gasteiger partial charge in [-0.05, 0) is 43.7 Å². The topological polar surface area (TPSA) is 98.2 Å². The predicted molar refractivity (Wildman–Crippen MR) is 123 cm³/mol. The molecule has 2 aliphatic heterocycles. The number of fused-ring (bicyclic) bond motifs is 1. The van der Waals surface area contributed by atoms with Gasteiger partial charge in [-0.2, -0.15) is 0 Å². The molecular weight excluding hydrogens is 430 g/mol. The maximum absolute atomic E-state index is 12.7. The van der Waals surface area contributed by atoms with Crippen molar-refractivity contribution in [2.75, 3.05) is 24.5 Å². The fourth-order valence-corrected chi connectivity index (χ4v) is 4.12. The van der Waals surface area contributed by atoms with Crippen LogP contribution in [0, 0.1) is 0 Å². The molecule has 2 heterocycles. The molecule has 0 spiro atoms. The Labute approximate surface area is 190 Å². The number of hydrogen-bond donors (Lipinski definition) is 2. The standard InChI is InChI=1S/C23H23N3O5S/c1-3-29-22(28)20-14(2)24-23(32-12-19(27)25-16-7-5-4-6-8-16)26-21(20)15-9-10-17-18(11-15)31-13-30-17/h4-11,21H,3,12-13H2,1-2H3,(H,24,26)(H,25,27)/t21-/m1/s1. The van der Waals surface area contributed by atoms with Crippen molar-refractivity contribution in [3.05, 3.63) is 65.4 Å². The van der Waals surface area contributed by atoms with Crippen LogP contribution in [0.2, 0.25) is 0 Å². The first-order valence-electron chi connectivity index (χ1n) is 10.1. The zero-order valence-corrected chi connectivity index (χ0v) is 18.5. The van der Waals surface area contributed by atoms with Gasteiger partial charge in [0.05, 0.1) is 17.9 Å². The number of allylic oxidation sites excluding steroid dienone is 1. The number of amidine groups is 1. The lowest BCUT2D eigenvalue weighted by Crippen LogP contribution is -2.31. The Kier molecular flexibility index (Phi) is 6.65. The number of ether oxygens (including phenoxy) is 3. The quantitative estimate of drug-likeness (QED) is 0.645. The Hall–Kier alpha value is -3.46. The van der Waals surface area contributed by atoms with Gasteiger partial charge in [-0.1, -0.05) is 36.0 Å². The average Bonchev–Trinajstić information content (AvgIpc) is 3.26. The molecule has 0 fully saturated rings. The number of hydrogen-bond acceptors (Lipinski definition) is 8. The smallest absolute Gasteiger partial charge is 0.338 e. The van der Waals surface area contributed by atoms with E-state index in [0.717, 1.165) is 11.3 Å². The van der Waals surface area contributed by atoms with Gasteiger partial charge >= 0.3 is 5.97 Å². The third kappa shape index (κ3) is 4.88. The van der Waals surface area contributed by atoms with Gasteiger partial charge in [0.15, 0.2) is 16.7 Å². The largest absolute Gasteiger partial charge is 0.463 e. The minimum absolute atomic E-state index is 0.150. The van der Waals surface area contributed by atoms with Crippen molar-refractivity contribution in [3.8, 4) is 11.5 Å². The van der Waals surface area contributed by atoms with Crippen molar-refractivity contribution >= 4 is 34.5 Å². The summed E-state index contributed by atoms with van der Waals surface area (Å²) < 4.78 is 16.1. The molecule has 32 heavy (non-hydrogen) atoms. The molecular formula is C23H23N3O5S. The SMILES string of the molecule is CCOC(=O)C1=C(C)NC(SCC(=O)Nc2ccccc2)=N[C@@H]1c1ccc2c(c1)OCO2. The number of nitrogens with zero attached hydrogens (tertiary/aromatic N) is 1. The van der Waals surface area contributed by atoms with E-state index >= 15 is 0 Å². The molecule has 0 unspecified atom stereocenters. The van der Waals surface area contributed by atoms with E-state index in [1.54, 1.807) is 19.9 Å². The van der Waals surface area contributed by atoms with Crippen molar-refractivity contribution in [3.63, 3.8) is 0 Å². The van der Waals surface area contributed by atoms with Crippen molar-refractivity contribution in [2.24, 2.45) is 4.99 Å². The van der Waals surface area contributed by atoms with Crippen LogP contribution in [-0.4, -0.2) is 36.2 Å². The van der Waals surface area contributed by atoms with E-state index in [0.29, 0.717) is 27.9 Å². The molecule has 1 atom stereocenters. The molecule has 1 amide bonds. The molecule has 0 aliphatic carbocycles. The highest BCUT2D eigenvalue weighted by Gasteiger charge is 2.31. The molecule has 4 rings (SSSR count). The van der Waals surface area contributed by atoms with E-state index in [9.17, 15) is 9.59 Å². The van der Waals surface area contributed by atoms with Crippen LogP contribution in [-0.2, 0) is 14.3 Å². The van der Waals surface area contributed by atoms with Gasteiger partial charge in [0.1, 0.15) is 6.04 Å². The molecule has 2 aliphatic rings. The Bertz CT molecular complexity index is 1080. The van der Waals surface area contributed by atoms with Gasteiger partial charge in [0.2, 0.25) is 12.7 Å². The molecule has 0 radical (unpaired) electrons. The molecule has 8 nitrogen and oxygen atoms in total. The average molecular weight is 454 g/mol. The maximum Gasteiger partial charge on any atom is 0.338 e. The van der Waals surface area contributed by atoms with Gasteiger partial charge in [0.25, 0.3) is 0 Å². The number of nitrogens with one attached hydrogen (secondary N) is 2. The highest BCUT2D eigenvalue weighted by atomic mass is 32.2. The number of esters is 1. The summed E-state index contributed by atoms with van der Waals surface area (Å²) in [7, 11) is 0. The monoisotopic (exact) mass is 453 g/mol. The third-order valence-electron chi connectivity index (χ3n) is 4.82. The molecule has 2 N–H and O–H groups in total. The summed E-state index contributed by atoms with van der Waals surface area (Å²) in [5.74, 6) is 0.833. The number of carbonyl (C=O) groups excluding carboxylic acids is 2. The Morgan fingerprint density at radius 2 is 1.97 bits per heavy atom. The van der Waals surface area contributed by atoms with Gasteiger partial charge in [-0.3, -0.25) is 4.79 Å². The zero-order valence-electron chi connectivity index (χ0n) is 17.7.